The fourth-order valence-corrected chi connectivity index (χ4v) is 12.3. The molecule has 2 heterocycles. The van der Waals surface area contributed by atoms with Crippen LogP contribution in [0.2, 0.25) is 0 Å². The number of aliphatic carboxylic acids is 1. The van der Waals surface area contributed by atoms with E-state index in [0.29, 0.717) is 17.7 Å². The van der Waals surface area contributed by atoms with Gasteiger partial charge in [-0.05, 0) is 120 Å². The van der Waals surface area contributed by atoms with Gasteiger partial charge in [0.1, 0.15) is 5.82 Å². The van der Waals surface area contributed by atoms with Gasteiger partial charge < -0.3 is 10.8 Å². The molecule has 2 aromatic heterocycles. The van der Waals surface area contributed by atoms with Crippen LogP contribution in [-0.2, 0) is 16.6 Å². The highest BCUT2D eigenvalue weighted by atomic mass is 19.1. The smallest absolute Gasteiger partial charge is 0.306 e. The molecule has 0 saturated heterocycles. The lowest BCUT2D eigenvalue weighted by atomic mass is 9.33. The number of rotatable bonds is 2. The maximum atomic E-state index is 14.2. The van der Waals surface area contributed by atoms with Gasteiger partial charge in [-0.2, -0.15) is 9.49 Å². The summed E-state index contributed by atoms with van der Waals surface area (Å²) in [5.74, 6) is 0.340. The van der Waals surface area contributed by atoms with Gasteiger partial charge in [0.15, 0.2) is 0 Å². The Morgan fingerprint density at radius 1 is 1.05 bits per heavy atom. The standard InChI is InChI=1S/C36H49FN4O2/c1-32(2)15-22-20(23(16-32)31(42)43)10-12-36(7)28(22)21(19-8-9-27(37)39-18-19)14-26-34(5)17-24-29(40-41-30(24)38)33(3,4)25(34)11-13-35(26,36)6/h8-9,18,20,22-23,25-26H,10-17H2,1-7H3,(H,42,43)(H3,38,40,41)/t20?,22?,23-,25?,26?,34?,35?,36?/m1/s1. The Kier molecular flexibility index (Phi) is 6.04. The molecule has 5 aliphatic rings. The molecule has 0 spiro atoms. The number of nitrogens with zero attached hydrogens (tertiary/aromatic N) is 2. The summed E-state index contributed by atoms with van der Waals surface area (Å²) in [5, 5.41) is 18.2. The van der Waals surface area contributed by atoms with E-state index < -0.39 is 11.9 Å². The summed E-state index contributed by atoms with van der Waals surface area (Å²) in [6.07, 6.45) is 9.46. The Labute approximate surface area is 255 Å². The number of aromatic nitrogens is 3. The fourth-order valence-electron chi connectivity index (χ4n) is 12.3. The van der Waals surface area contributed by atoms with Crippen LogP contribution in [0.3, 0.4) is 0 Å². The number of carbonyl (C=O) groups is 1. The minimum absolute atomic E-state index is 0.0129. The van der Waals surface area contributed by atoms with Crippen LogP contribution >= 0.6 is 0 Å². The molecule has 0 aliphatic heterocycles. The molecule has 43 heavy (non-hydrogen) atoms. The Morgan fingerprint density at radius 2 is 1.79 bits per heavy atom. The van der Waals surface area contributed by atoms with Crippen molar-refractivity contribution < 1.29 is 14.3 Å². The van der Waals surface area contributed by atoms with E-state index in [4.69, 9.17) is 5.73 Å². The molecule has 0 bridgehead atoms. The van der Waals surface area contributed by atoms with Crippen LogP contribution in [0.1, 0.15) is 110 Å². The number of H-pyrrole nitrogens is 1. The van der Waals surface area contributed by atoms with Gasteiger partial charge in [0, 0.05) is 22.9 Å². The van der Waals surface area contributed by atoms with Gasteiger partial charge >= 0.3 is 5.97 Å². The number of hydrogen-bond donors (Lipinski definition) is 3. The zero-order valence-electron chi connectivity index (χ0n) is 27.0. The van der Waals surface area contributed by atoms with Gasteiger partial charge in [0.05, 0.1) is 5.92 Å². The molecule has 232 valence electrons. The average molecular weight is 589 g/mol. The highest BCUT2D eigenvalue weighted by Gasteiger charge is 2.68. The number of nitrogens with one attached hydrogen (secondary N) is 1. The Hall–Kier alpha value is -2.70. The van der Waals surface area contributed by atoms with Crippen molar-refractivity contribution in [2.45, 2.75) is 105 Å². The third-order valence-corrected chi connectivity index (χ3v) is 14.2. The predicted molar refractivity (Wildman–Crippen MR) is 166 cm³/mol. The molecule has 3 fully saturated rings. The summed E-state index contributed by atoms with van der Waals surface area (Å²) >= 11 is 0. The molecule has 0 amide bonds. The summed E-state index contributed by atoms with van der Waals surface area (Å²) in [5.41, 5.74) is 12.4. The minimum Gasteiger partial charge on any atom is -0.481 e. The van der Waals surface area contributed by atoms with E-state index >= 15 is 0 Å². The van der Waals surface area contributed by atoms with Crippen LogP contribution in [0.4, 0.5) is 10.2 Å². The van der Waals surface area contributed by atoms with Crippen LogP contribution in [0, 0.1) is 57.2 Å². The number of anilines is 1. The summed E-state index contributed by atoms with van der Waals surface area (Å²) in [4.78, 5) is 16.8. The van der Waals surface area contributed by atoms with E-state index in [0.717, 1.165) is 56.9 Å². The molecule has 6 nitrogen and oxygen atoms in total. The molecular weight excluding hydrogens is 539 g/mol. The maximum Gasteiger partial charge on any atom is 0.306 e. The predicted octanol–water partition coefficient (Wildman–Crippen LogP) is 7.81. The lowest BCUT2D eigenvalue weighted by molar-refractivity contribution is -0.161. The van der Waals surface area contributed by atoms with Crippen molar-refractivity contribution in [1.29, 1.82) is 0 Å². The molecule has 4 N–H and O–H groups in total. The highest BCUT2D eigenvalue weighted by molar-refractivity contribution is 5.74. The normalized spacial score (nSPS) is 40.9. The lowest BCUT2D eigenvalue weighted by Gasteiger charge is -2.70. The quantitative estimate of drug-likeness (QED) is 0.310. The third-order valence-electron chi connectivity index (χ3n) is 14.2. The molecule has 2 aromatic rings. The number of carboxylic acids is 1. The van der Waals surface area contributed by atoms with Crippen molar-refractivity contribution in [3.05, 3.63) is 46.7 Å². The van der Waals surface area contributed by atoms with Crippen molar-refractivity contribution in [1.82, 2.24) is 15.2 Å². The lowest BCUT2D eigenvalue weighted by Crippen LogP contribution is -2.64. The van der Waals surface area contributed by atoms with Gasteiger partial charge in [-0.3, -0.25) is 9.89 Å². The second-order valence-corrected chi connectivity index (χ2v) is 17.1. The number of fused-ring (bicyclic) bond motifs is 8. The number of nitrogen functional groups attached to an aromatic ring is 1. The molecule has 5 aliphatic carbocycles. The summed E-state index contributed by atoms with van der Waals surface area (Å²) < 4.78 is 14.2. The number of nitrogens with two attached hydrogens (primary N) is 1. The second kappa shape index (κ2) is 8.94. The first-order valence-electron chi connectivity index (χ1n) is 16.4. The summed E-state index contributed by atoms with van der Waals surface area (Å²) in [7, 11) is 0. The SMILES string of the molecule is CC1(C)CC2C3=C(c4ccc(F)nc4)CC4C5(C)Cc6c(N)n[nH]c6C(C)(C)C5CCC4(C)C3(C)CCC2[C@H](C(=O)O)C1. The number of aromatic amines is 1. The second-order valence-electron chi connectivity index (χ2n) is 17.1. The number of pyridine rings is 1. The van der Waals surface area contributed by atoms with Crippen molar-refractivity contribution in [2.75, 3.05) is 5.73 Å². The van der Waals surface area contributed by atoms with Gasteiger partial charge in [-0.15, -0.1) is 0 Å². The molecular formula is C36H49FN4O2. The number of hydrogen-bond acceptors (Lipinski definition) is 4. The van der Waals surface area contributed by atoms with Crippen LogP contribution in [0.5, 0.6) is 0 Å². The number of carboxylic acid groups (broad SMARTS) is 1. The van der Waals surface area contributed by atoms with E-state index in [1.807, 2.05) is 6.07 Å². The van der Waals surface area contributed by atoms with Gasteiger partial charge in [0.2, 0.25) is 5.95 Å². The number of allylic oxidation sites excluding steroid dienone is 2. The molecule has 8 atom stereocenters. The van der Waals surface area contributed by atoms with E-state index in [1.165, 1.54) is 28.5 Å². The molecule has 7 rings (SSSR count). The van der Waals surface area contributed by atoms with Crippen molar-refractivity contribution in [2.24, 2.45) is 51.2 Å². The fraction of sp³-hybridized carbons (Fsp3) is 0.694. The zero-order valence-corrected chi connectivity index (χ0v) is 27.0. The van der Waals surface area contributed by atoms with E-state index in [1.54, 1.807) is 6.20 Å². The van der Waals surface area contributed by atoms with E-state index in [-0.39, 0.29) is 44.8 Å². The topological polar surface area (TPSA) is 105 Å². The van der Waals surface area contributed by atoms with Crippen molar-refractivity contribution >= 4 is 17.4 Å². The number of halogens is 1. The van der Waals surface area contributed by atoms with Gasteiger partial charge in [-0.25, -0.2) is 4.98 Å². The first-order valence-corrected chi connectivity index (χ1v) is 16.4. The monoisotopic (exact) mass is 588 g/mol. The van der Waals surface area contributed by atoms with Crippen LogP contribution in [0.15, 0.2) is 23.9 Å². The van der Waals surface area contributed by atoms with Crippen LogP contribution in [0.25, 0.3) is 5.57 Å². The van der Waals surface area contributed by atoms with E-state index in [2.05, 4.69) is 63.6 Å². The Balaban J connectivity index is 1.45. The molecule has 3 saturated carbocycles. The van der Waals surface area contributed by atoms with Crippen molar-refractivity contribution in [3.63, 3.8) is 0 Å². The molecule has 7 unspecified atom stereocenters. The third kappa shape index (κ3) is 3.78. The average Bonchev–Trinajstić information content (AvgIpc) is 3.28. The summed E-state index contributed by atoms with van der Waals surface area (Å²) in [6.45, 7) is 16.8. The highest BCUT2D eigenvalue weighted by Crippen LogP contribution is 2.76. The maximum absolute atomic E-state index is 14.2. The first kappa shape index (κ1) is 29.0. The minimum atomic E-state index is -0.650. The summed E-state index contributed by atoms with van der Waals surface area (Å²) in [6, 6.07) is 3.41. The van der Waals surface area contributed by atoms with E-state index in [9.17, 15) is 14.3 Å². The Morgan fingerprint density at radius 3 is 2.47 bits per heavy atom. The Bertz CT molecular complexity index is 1520. The van der Waals surface area contributed by atoms with Crippen LogP contribution in [-0.4, -0.2) is 26.3 Å². The first-order chi connectivity index (χ1) is 20.0. The van der Waals surface area contributed by atoms with Crippen molar-refractivity contribution in [3.8, 4) is 0 Å². The van der Waals surface area contributed by atoms with Gasteiger partial charge in [0.25, 0.3) is 0 Å². The van der Waals surface area contributed by atoms with Gasteiger partial charge in [-0.1, -0.05) is 54.0 Å². The largest absolute Gasteiger partial charge is 0.481 e. The molecule has 0 aromatic carbocycles. The zero-order chi connectivity index (χ0) is 30.9. The van der Waals surface area contributed by atoms with Crippen LogP contribution < -0.4 is 5.73 Å². The molecule has 0 radical (unpaired) electrons. The molecule has 7 heteroatoms.